The summed E-state index contributed by atoms with van der Waals surface area (Å²) < 4.78 is 12.0. The normalized spacial score (nSPS) is 12.2. The van der Waals surface area contributed by atoms with E-state index >= 15 is 0 Å². The number of hydrogen-bond donors (Lipinski definition) is 0. The molecule has 0 amide bonds. The molecule has 23 heavy (non-hydrogen) atoms. The first-order chi connectivity index (χ1) is 10.6. The number of alkyl halides is 2. The number of aromatic nitrogens is 2. The van der Waals surface area contributed by atoms with E-state index in [0.717, 1.165) is 5.69 Å². The summed E-state index contributed by atoms with van der Waals surface area (Å²) in [5.74, 6) is 1.55. The van der Waals surface area contributed by atoms with Crippen molar-refractivity contribution in [3.63, 3.8) is 0 Å². The van der Waals surface area contributed by atoms with E-state index in [-0.39, 0.29) is 0 Å². The van der Waals surface area contributed by atoms with E-state index < -0.39 is 16.6 Å². The topological polar surface area (TPSA) is 47.5 Å². The third-order valence-electron chi connectivity index (χ3n) is 2.56. The van der Waals surface area contributed by atoms with E-state index in [1.807, 2.05) is 4.90 Å². The maximum Gasteiger partial charge on any atom is 0.305 e. The van der Waals surface area contributed by atoms with Gasteiger partial charge in [0.05, 0.1) is 6.20 Å². The van der Waals surface area contributed by atoms with E-state index in [1.165, 1.54) is 0 Å². The Balaban J connectivity index is 3.21. The maximum absolute atomic E-state index is 6.16. The summed E-state index contributed by atoms with van der Waals surface area (Å²) in [6, 6.07) is 0.373. The molecule has 0 aliphatic heterocycles. The highest BCUT2D eigenvalue weighted by molar-refractivity contribution is 6.70. The number of anilines is 1. The van der Waals surface area contributed by atoms with Gasteiger partial charge in [0.2, 0.25) is 22.5 Å². The molecule has 1 aromatic rings. The molecule has 132 valence electrons. The van der Waals surface area contributed by atoms with Crippen LogP contribution in [0.15, 0.2) is 6.20 Å². The molecule has 0 fully saturated rings. The van der Waals surface area contributed by atoms with Gasteiger partial charge in [0.1, 0.15) is 5.69 Å². The van der Waals surface area contributed by atoms with Crippen molar-refractivity contribution in [2.45, 2.75) is 39.3 Å². The van der Waals surface area contributed by atoms with Crippen molar-refractivity contribution in [1.82, 2.24) is 9.97 Å². The van der Waals surface area contributed by atoms with E-state index in [9.17, 15) is 0 Å². The molecule has 9 heteroatoms. The van der Waals surface area contributed by atoms with Gasteiger partial charge in [-0.3, -0.25) is 0 Å². The van der Waals surface area contributed by atoms with Gasteiger partial charge in [-0.2, -0.15) is 4.98 Å². The zero-order valence-electron chi connectivity index (χ0n) is 14.8. The van der Waals surface area contributed by atoms with Crippen LogP contribution < -0.4 is 13.8 Å². The van der Waals surface area contributed by atoms with Crippen LogP contribution in [0.5, 0.6) is 11.9 Å². The minimum Gasteiger partial charge on any atom is -0.530 e. The molecule has 0 unspecified atom stereocenters. The van der Waals surface area contributed by atoms with Crippen LogP contribution in [0.2, 0.25) is 39.3 Å². The summed E-state index contributed by atoms with van der Waals surface area (Å²) in [5, 5.41) is 0. The van der Waals surface area contributed by atoms with Crippen molar-refractivity contribution in [1.29, 1.82) is 0 Å². The zero-order valence-corrected chi connectivity index (χ0v) is 18.3. The quantitative estimate of drug-likeness (QED) is 0.463. The molecule has 0 atom stereocenters. The molecule has 5 nitrogen and oxygen atoms in total. The van der Waals surface area contributed by atoms with Crippen molar-refractivity contribution < 1.29 is 8.85 Å². The van der Waals surface area contributed by atoms with Gasteiger partial charge in [-0.1, -0.05) is 0 Å². The van der Waals surface area contributed by atoms with Gasteiger partial charge < -0.3 is 13.8 Å². The molecule has 0 saturated carbocycles. The second-order valence-corrected chi connectivity index (χ2v) is 16.8. The van der Waals surface area contributed by atoms with Crippen molar-refractivity contribution >= 4 is 45.5 Å². The Morgan fingerprint density at radius 1 is 0.957 bits per heavy atom. The monoisotopic (exact) mass is 395 g/mol. The van der Waals surface area contributed by atoms with Crippen molar-refractivity contribution in [3.8, 4) is 11.9 Å². The first kappa shape index (κ1) is 20.5. The van der Waals surface area contributed by atoms with Crippen molar-refractivity contribution in [3.05, 3.63) is 6.20 Å². The standard InChI is InChI=1S/C14H27Cl2N3O2Si2/c1-22(2,3)20-13-12(19(9-7-15)10-8-16)11-17-14(18-13)21-23(4,5)6/h11H,7-10H2,1-6H3. The van der Waals surface area contributed by atoms with Crippen LogP contribution in [0.4, 0.5) is 5.69 Å². The fourth-order valence-corrected chi connectivity index (χ4v) is 3.59. The van der Waals surface area contributed by atoms with Crippen LogP contribution in [0.1, 0.15) is 0 Å². The highest BCUT2D eigenvalue weighted by Crippen LogP contribution is 2.30. The lowest BCUT2D eigenvalue weighted by atomic mass is 10.4. The average Bonchev–Trinajstić information content (AvgIpc) is 2.35. The maximum atomic E-state index is 6.16. The predicted octanol–water partition coefficient (Wildman–Crippen LogP) is 4.19. The molecule has 0 bridgehead atoms. The van der Waals surface area contributed by atoms with E-state index in [1.54, 1.807) is 6.20 Å². The summed E-state index contributed by atoms with van der Waals surface area (Å²) in [4.78, 5) is 10.9. The Kier molecular flexibility index (Phi) is 7.63. The molecule has 0 aromatic carbocycles. The summed E-state index contributed by atoms with van der Waals surface area (Å²) in [6.07, 6.45) is 1.75. The Morgan fingerprint density at radius 3 is 1.91 bits per heavy atom. The summed E-state index contributed by atoms with van der Waals surface area (Å²) in [7, 11) is -3.61. The SMILES string of the molecule is C[Si](C)(C)Oc1ncc(N(CCCl)CCCl)c(O[Si](C)(C)C)n1. The molecule has 1 rings (SSSR count). The van der Waals surface area contributed by atoms with Crippen LogP contribution in [0, 0.1) is 0 Å². The Labute approximate surface area is 151 Å². The molecule has 1 aromatic heterocycles. The van der Waals surface area contributed by atoms with Crippen LogP contribution in [-0.4, -0.2) is 51.5 Å². The third-order valence-corrected chi connectivity index (χ3v) is 4.50. The van der Waals surface area contributed by atoms with Gasteiger partial charge in [-0.25, -0.2) is 4.98 Å². The lowest BCUT2D eigenvalue weighted by molar-refractivity contribution is 0.475. The lowest BCUT2D eigenvalue weighted by Crippen LogP contribution is -2.34. The van der Waals surface area contributed by atoms with Crippen molar-refractivity contribution in [2.75, 3.05) is 29.7 Å². The van der Waals surface area contributed by atoms with E-state index in [0.29, 0.717) is 36.7 Å². The fourth-order valence-electron chi connectivity index (χ4n) is 1.81. The summed E-state index contributed by atoms with van der Waals surface area (Å²) >= 11 is 11.8. The third kappa shape index (κ3) is 7.74. The zero-order chi connectivity index (χ0) is 17.7. The fraction of sp³-hybridized carbons (Fsp3) is 0.714. The Bertz CT molecular complexity index is 502. The number of rotatable bonds is 9. The number of hydrogen-bond acceptors (Lipinski definition) is 5. The van der Waals surface area contributed by atoms with Gasteiger partial charge in [0, 0.05) is 24.8 Å². The molecular weight excluding hydrogens is 369 g/mol. The van der Waals surface area contributed by atoms with Crippen molar-refractivity contribution in [2.24, 2.45) is 0 Å². The van der Waals surface area contributed by atoms with Crippen LogP contribution in [0.25, 0.3) is 0 Å². The molecule has 0 radical (unpaired) electrons. The van der Waals surface area contributed by atoms with Crippen LogP contribution >= 0.6 is 23.2 Å². The largest absolute Gasteiger partial charge is 0.530 e. The second kappa shape index (κ2) is 8.55. The molecule has 0 spiro atoms. The Morgan fingerprint density at radius 2 is 1.48 bits per heavy atom. The smallest absolute Gasteiger partial charge is 0.305 e. The molecule has 0 aliphatic rings. The molecule has 0 N–H and O–H groups in total. The van der Waals surface area contributed by atoms with Gasteiger partial charge in [0.25, 0.3) is 0 Å². The first-order valence-electron chi connectivity index (χ1n) is 7.67. The van der Waals surface area contributed by atoms with Crippen LogP contribution in [-0.2, 0) is 0 Å². The van der Waals surface area contributed by atoms with Gasteiger partial charge in [-0.15, -0.1) is 23.2 Å². The summed E-state index contributed by atoms with van der Waals surface area (Å²) in [6.45, 7) is 14.0. The second-order valence-electron chi connectivity index (χ2n) is 7.14. The molecule has 0 aliphatic carbocycles. The Hall–Kier alpha value is -0.506. The number of halogens is 2. The van der Waals surface area contributed by atoms with Gasteiger partial charge >= 0.3 is 6.01 Å². The minimum atomic E-state index is -1.83. The first-order valence-corrected chi connectivity index (χ1v) is 15.6. The average molecular weight is 396 g/mol. The van der Waals surface area contributed by atoms with Crippen LogP contribution in [0.3, 0.4) is 0 Å². The highest BCUT2D eigenvalue weighted by Gasteiger charge is 2.25. The summed E-state index contributed by atoms with van der Waals surface area (Å²) in [5.41, 5.74) is 0.816. The van der Waals surface area contributed by atoms with E-state index in [4.69, 9.17) is 32.1 Å². The number of nitrogens with zero attached hydrogens (tertiary/aromatic N) is 3. The molecule has 1 heterocycles. The molecular formula is C14H27Cl2N3O2Si2. The van der Waals surface area contributed by atoms with Gasteiger partial charge in [0.15, 0.2) is 0 Å². The molecule has 0 saturated heterocycles. The minimum absolute atomic E-state index is 0.373. The van der Waals surface area contributed by atoms with Gasteiger partial charge in [-0.05, 0) is 39.3 Å². The highest BCUT2D eigenvalue weighted by atomic mass is 35.5. The predicted molar refractivity (Wildman–Crippen MR) is 104 cm³/mol. The lowest BCUT2D eigenvalue weighted by Gasteiger charge is -2.28. The van der Waals surface area contributed by atoms with E-state index in [2.05, 4.69) is 49.3 Å².